The number of allylic oxidation sites excluding steroid dienone is 4. The third kappa shape index (κ3) is 5.41. The Morgan fingerprint density at radius 1 is 0.654 bits per heavy atom. The van der Waals surface area contributed by atoms with Crippen LogP contribution in [0.5, 0.6) is 0 Å². The minimum Gasteiger partial charge on any atom is -0.0771 e. The molecule has 0 saturated heterocycles. The highest BCUT2D eigenvalue weighted by atomic mass is 31.2. The van der Waals surface area contributed by atoms with Gasteiger partial charge in [0.15, 0.2) is 0 Å². The van der Waals surface area contributed by atoms with Gasteiger partial charge < -0.3 is 0 Å². The summed E-state index contributed by atoms with van der Waals surface area (Å²) < 4.78 is 0. The Labute approximate surface area is 165 Å². The lowest BCUT2D eigenvalue weighted by molar-refractivity contribution is 0.502. The largest absolute Gasteiger partial charge is 0.0771 e. The molecule has 0 N–H and O–H groups in total. The maximum atomic E-state index is 2.65. The Kier molecular flexibility index (Phi) is 7.72. The van der Waals surface area contributed by atoms with E-state index in [1.54, 1.807) is 10.6 Å². The van der Waals surface area contributed by atoms with Crippen LogP contribution < -0.4 is 0 Å². The first-order valence-electron chi connectivity index (χ1n) is 10.9. The van der Waals surface area contributed by atoms with Gasteiger partial charge in [-0.1, -0.05) is 108 Å². The van der Waals surface area contributed by atoms with Gasteiger partial charge in [-0.05, 0) is 57.6 Å². The average Bonchev–Trinajstić information content (AvgIpc) is 2.47. The topological polar surface area (TPSA) is 0 Å². The highest BCUT2D eigenvalue weighted by Gasteiger charge is 2.39. The minimum absolute atomic E-state index is 0.207. The second-order valence-corrected chi connectivity index (χ2v) is 15.2. The molecule has 0 bridgehead atoms. The van der Waals surface area contributed by atoms with Crippen molar-refractivity contribution in [2.24, 2.45) is 16.2 Å². The molecule has 0 amide bonds. The highest BCUT2D eigenvalue weighted by Crippen LogP contribution is 2.67. The van der Waals surface area contributed by atoms with Crippen LogP contribution in [0, 0.1) is 16.2 Å². The summed E-state index contributed by atoms with van der Waals surface area (Å²) in [5, 5.41) is 3.59. The molecule has 0 saturated carbocycles. The van der Waals surface area contributed by atoms with Crippen molar-refractivity contribution in [3.8, 4) is 0 Å². The highest BCUT2D eigenvalue weighted by molar-refractivity contribution is 7.80. The van der Waals surface area contributed by atoms with Crippen molar-refractivity contribution in [2.75, 3.05) is 12.3 Å². The second kappa shape index (κ2) is 8.43. The van der Waals surface area contributed by atoms with Gasteiger partial charge in [0.05, 0.1) is 0 Å². The Balaban J connectivity index is 3.93. The predicted molar refractivity (Wildman–Crippen MR) is 126 cm³/mol. The molecule has 0 radical (unpaired) electrons. The van der Waals surface area contributed by atoms with E-state index in [1.807, 2.05) is 0 Å². The molecule has 152 valence electrons. The molecular weight excluding hydrogens is 331 g/mol. The molecular formula is C25H47P. The molecule has 0 atom stereocenters. The van der Waals surface area contributed by atoms with Crippen molar-refractivity contribution in [3.05, 3.63) is 23.0 Å². The summed E-state index contributed by atoms with van der Waals surface area (Å²) in [6, 6.07) is 0. The van der Waals surface area contributed by atoms with E-state index >= 15 is 0 Å². The summed E-state index contributed by atoms with van der Waals surface area (Å²) in [4.78, 5) is 0. The first kappa shape index (κ1) is 23.8. The summed E-state index contributed by atoms with van der Waals surface area (Å²) in [6.07, 6.45) is 13.5. The van der Waals surface area contributed by atoms with E-state index in [0.717, 1.165) is 0 Å². The van der Waals surface area contributed by atoms with Gasteiger partial charge in [-0.3, -0.25) is 0 Å². The number of rotatable bonds is 6. The van der Waals surface area contributed by atoms with Crippen LogP contribution in [-0.4, -0.2) is 17.6 Å². The fourth-order valence-corrected chi connectivity index (χ4v) is 10.8. The first-order valence-corrected chi connectivity index (χ1v) is 13.1. The van der Waals surface area contributed by atoms with Crippen LogP contribution in [0.3, 0.4) is 0 Å². The van der Waals surface area contributed by atoms with Gasteiger partial charge in [0.25, 0.3) is 0 Å². The summed E-state index contributed by atoms with van der Waals surface area (Å²) in [5.41, 5.74) is 2.24. The molecule has 0 spiro atoms. The molecule has 0 nitrogen and oxygen atoms in total. The zero-order valence-corrected chi connectivity index (χ0v) is 20.7. The molecule has 1 aliphatic rings. The fourth-order valence-electron chi connectivity index (χ4n) is 4.31. The molecule has 26 heavy (non-hydrogen) atoms. The Bertz CT molecular complexity index is 577. The van der Waals surface area contributed by atoms with Crippen LogP contribution >= 0.6 is 6.89 Å². The summed E-state index contributed by atoms with van der Waals surface area (Å²) in [6.45, 7) is 25.3. The monoisotopic (exact) mass is 378 g/mol. The van der Waals surface area contributed by atoms with Gasteiger partial charge in [-0.2, -0.15) is 0 Å². The van der Waals surface area contributed by atoms with Crippen LogP contribution in [0.2, 0.25) is 0 Å². The quantitative estimate of drug-likeness (QED) is 0.405. The van der Waals surface area contributed by atoms with Gasteiger partial charge in [0.2, 0.25) is 0 Å². The molecule has 0 unspecified atom stereocenters. The summed E-state index contributed by atoms with van der Waals surface area (Å²) in [5.74, 6) is 0. The van der Waals surface area contributed by atoms with Crippen LogP contribution in [0.4, 0.5) is 0 Å². The van der Waals surface area contributed by atoms with Crippen molar-refractivity contribution >= 4 is 12.2 Å². The Morgan fingerprint density at radius 2 is 1.12 bits per heavy atom. The standard InChI is InChI=1S/C25H47P/c1-12-14-16-26(17-15-13-2)21(24(6,7)8)18-20(23(3,4)5)19-22(26)25(9,10)11/h18-19H,12-17H2,1-11H3. The first-order chi connectivity index (χ1) is 11.7. The van der Waals surface area contributed by atoms with Crippen molar-refractivity contribution in [3.63, 3.8) is 0 Å². The lowest BCUT2D eigenvalue weighted by Crippen LogP contribution is -2.29. The lowest BCUT2D eigenvalue weighted by Gasteiger charge is -2.46. The second-order valence-electron chi connectivity index (χ2n) is 11.4. The van der Waals surface area contributed by atoms with E-state index in [4.69, 9.17) is 0 Å². The van der Waals surface area contributed by atoms with E-state index in [9.17, 15) is 0 Å². The van der Waals surface area contributed by atoms with Gasteiger partial charge >= 0.3 is 0 Å². The van der Waals surface area contributed by atoms with Crippen molar-refractivity contribution in [1.82, 2.24) is 0 Å². The van der Waals surface area contributed by atoms with Crippen LogP contribution in [0.25, 0.3) is 0 Å². The number of unbranched alkanes of at least 4 members (excludes halogenated alkanes) is 2. The molecule has 0 aliphatic carbocycles. The van der Waals surface area contributed by atoms with Crippen LogP contribution in [-0.2, 0) is 0 Å². The number of hydrogen-bond acceptors (Lipinski definition) is 0. The zero-order chi connectivity index (χ0) is 20.4. The maximum Gasteiger partial charge on any atom is -0.0128 e. The van der Waals surface area contributed by atoms with Gasteiger partial charge in [-0.15, -0.1) is 0 Å². The maximum absolute atomic E-state index is 2.65. The van der Waals surface area contributed by atoms with E-state index in [2.05, 4.69) is 88.3 Å². The lowest BCUT2D eigenvalue weighted by atomic mass is 9.81. The molecule has 1 aliphatic heterocycles. The smallest absolute Gasteiger partial charge is 0.0128 e. The number of hydrogen-bond donors (Lipinski definition) is 0. The predicted octanol–water partition coefficient (Wildman–Crippen LogP) is 8.74. The van der Waals surface area contributed by atoms with Crippen LogP contribution in [0.1, 0.15) is 102 Å². The molecule has 1 heterocycles. The van der Waals surface area contributed by atoms with Crippen molar-refractivity contribution in [2.45, 2.75) is 102 Å². The zero-order valence-electron chi connectivity index (χ0n) is 19.8. The molecule has 0 fully saturated rings. The third-order valence-corrected chi connectivity index (χ3v) is 11.3. The molecule has 0 aromatic heterocycles. The molecule has 1 heteroatoms. The van der Waals surface area contributed by atoms with Gasteiger partial charge in [0, 0.05) is 0 Å². The summed E-state index contributed by atoms with van der Waals surface area (Å²) >= 11 is 0. The average molecular weight is 379 g/mol. The van der Waals surface area contributed by atoms with Crippen molar-refractivity contribution < 1.29 is 0 Å². The SMILES string of the molecule is CCCCP1(CCCC)=C(C(C)(C)C)C=C(C(C)(C)C)C=C1C(C)(C)C. The van der Waals surface area contributed by atoms with Gasteiger partial charge in [0.1, 0.15) is 0 Å². The Hall–Kier alpha value is -0.220. The minimum atomic E-state index is -1.29. The van der Waals surface area contributed by atoms with Crippen molar-refractivity contribution in [1.29, 1.82) is 0 Å². The van der Waals surface area contributed by atoms with E-state index in [-0.39, 0.29) is 16.2 Å². The normalized spacial score (nSPS) is 18.7. The van der Waals surface area contributed by atoms with E-state index < -0.39 is 6.89 Å². The third-order valence-electron chi connectivity index (χ3n) is 5.70. The molecule has 0 aromatic carbocycles. The summed E-state index contributed by atoms with van der Waals surface area (Å²) in [7, 11) is 0. The molecule has 1 rings (SSSR count). The van der Waals surface area contributed by atoms with Crippen LogP contribution in [0.15, 0.2) is 23.0 Å². The van der Waals surface area contributed by atoms with Gasteiger partial charge in [-0.25, -0.2) is 0 Å². The van der Waals surface area contributed by atoms with E-state index in [0.29, 0.717) is 0 Å². The fraction of sp³-hybridized carbons (Fsp3) is 0.800. The Morgan fingerprint density at radius 3 is 1.42 bits per heavy atom. The van der Waals surface area contributed by atoms with E-state index in [1.165, 1.54) is 43.6 Å². The molecule has 0 aromatic rings.